The maximum absolute atomic E-state index is 12.3. The summed E-state index contributed by atoms with van der Waals surface area (Å²) >= 11 is 0. The van der Waals surface area contributed by atoms with Gasteiger partial charge in [-0.15, -0.1) is 0 Å². The van der Waals surface area contributed by atoms with Crippen molar-refractivity contribution in [2.24, 2.45) is 0 Å². The highest BCUT2D eigenvalue weighted by atomic mass is 32.2. The molecule has 7 heteroatoms. The summed E-state index contributed by atoms with van der Waals surface area (Å²) < 4.78 is 38.2. The minimum atomic E-state index is -3.06. The molecule has 0 amide bonds. The van der Waals surface area contributed by atoms with E-state index in [0.717, 1.165) is 37.9 Å². The van der Waals surface area contributed by atoms with Gasteiger partial charge in [0, 0.05) is 25.7 Å². The third-order valence-electron chi connectivity index (χ3n) is 5.05. The number of aromatic nitrogens is 1. The molecule has 3 aliphatic rings. The van der Waals surface area contributed by atoms with Crippen LogP contribution in [-0.4, -0.2) is 54.4 Å². The molecule has 1 atom stereocenters. The molecule has 3 heterocycles. The minimum Gasteiger partial charge on any atom is -0.486 e. The van der Waals surface area contributed by atoms with Crippen molar-refractivity contribution in [2.75, 3.05) is 19.7 Å². The molecule has 1 saturated carbocycles. The van der Waals surface area contributed by atoms with Crippen LogP contribution >= 0.6 is 0 Å². The Balaban J connectivity index is 1.35. The van der Waals surface area contributed by atoms with E-state index in [1.54, 1.807) is 16.7 Å². The Bertz CT molecular complexity index is 652. The highest BCUT2D eigenvalue weighted by molar-refractivity contribution is 7.90. The first-order valence-electron chi connectivity index (χ1n) is 8.27. The smallest absolute Gasteiger partial charge is 0.216 e. The molecule has 0 bridgehead atoms. The van der Waals surface area contributed by atoms with Crippen LogP contribution in [0.3, 0.4) is 0 Å². The van der Waals surface area contributed by atoms with Crippen molar-refractivity contribution in [2.45, 2.75) is 49.1 Å². The lowest BCUT2D eigenvalue weighted by Crippen LogP contribution is -2.47. The van der Waals surface area contributed by atoms with Gasteiger partial charge in [0.2, 0.25) is 10.0 Å². The molecule has 2 aliphatic heterocycles. The summed E-state index contributed by atoms with van der Waals surface area (Å²) in [5.41, 5.74) is -0.220. The molecule has 1 aromatic heterocycles. The van der Waals surface area contributed by atoms with Crippen molar-refractivity contribution in [1.82, 2.24) is 9.29 Å². The van der Waals surface area contributed by atoms with E-state index in [1.807, 2.05) is 12.1 Å². The summed E-state index contributed by atoms with van der Waals surface area (Å²) in [5.74, 6) is 0.756. The quantitative estimate of drug-likeness (QED) is 0.834. The highest BCUT2D eigenvalue weighted by Gasteiger charge is 2.48. The van der Waals surface area contributed by atoms with Gasteiger partial charge in [-0.25, -0.2) is 12.7 Å². The lowest BCUT2D eigenvalue weighted by molar-refractivity contribution is -0.0320. The third-order valence-corrected chi connectivity index (χ3v) is 7.45. The van der Waals surface area contributed by atoms with Crippen molar-refractivity contribution in [3.63, 3.8) is 0 Å². The summed E-state index contributed by atoms with van der Waals surface area (Å²) in [4.78, 5) is 4.05. The molecule has 0 N–H and O–H groups in total. The number of piperidine rings is 1. The lowest BCUT2D eigenvalue weighted by Gasteiger charge is -2.37. The molecule has 0 aromatic carbocycles. The zero-order valence-corrected chi connectivity index (χ0v) is 13.9. The molecule has 4 rings (SSSR count). The second-order valence-corrected chi connectivity index (χ2v) is 8.98. The molecular weight excluding hydrogens is 316 g/mol. The first-order chi connectivity index (χ1) is 11.1. The standard InChI is InChI=1S/C16H22N2O4S/c19-23(20,15-3-4-15)18-8-5-16(6-9-18)10-14(12-21-16)22-13-2-1-7-17-11-13/h1-2,7,11,14-15H,3-6,8-10,12H2. The van der Waals surface area contributed by atoms with Gasteiger partial charge in [0.05, 0.1) is 23.7 Å². The average molecular weight is 338 g/mol. The number of rotatable bonds is 4. The van der Waals surface area contributed by atoms with E-state index < -0.39 is 10.0 Å². The first kappa shape index (κ1) is 15.4. The van der Waals surface area contributed by atoms with Crippen LogP contribution in [0.4, 0.5) is 0 Å². The monoisotopic (exact) mass is 338 g/mol. The van der Waals surface area contributed by atoms with Crippen molar-refractivity contribution in [3.05, 3.63) is 24.5 Å². The Kier molecular flexibility index (Phi) is 3.82. The van der Waals surface area contributed by atoms with E-state index in [-0.39, 0.29) is 17.0 Å². The molecule has 1 unspecified atom stereocenters. The molecule has 23 heavy (non-hydrogen) atoms. The van der Waals surface area contributed by atoms with Gasteiger partial charge in [0.25, 0.3) is 0 Å². The fraction of sp³-hybridized carbons (Fsp3) is 0.688. The Hall–Kier alpha value is -1.18. The van der Waals surface area contributed by atoms with E-state index in [9.17, 15) is 8.42 Å². The summed E-state index contributed by atoms with van der Waals surface area (Å²) in [7, 11) is -3.06. The molecule has 1 aromatic rings. The van der Waals surface area contributed by atoms with Crippen molar-refractivity contribution < 1.29 is 17.9 Å². The molecule has 1 aliphatic carbocycles. The molecular formula is C16H22N2O4S. The number of hydrogen-bond donors (Lipinski definition) is 0. The van der Waals surface area contributed by atoms with Gasteiger partial charge in [-0.1, -0.05) is 0 Å². The van der Waals surface area contributed by atoms with Crippen LogP contribution in [0.25, 0.3) is 0 Å². The van der Waals surface area contributed by atoms with Crippen molar-refractivity contribution >= 4 is 10.0 Å². The largest absolute Gasteiger partial charge is 0.486 e. The van der Waals surface area contributed by atoms with Gasteiger partial charge in [-0.2, -0.15) is 0 Å². The number of hydrogen-bond acceptors (Lipinski definition) is 5. The topological polar surface area (TPSA) is 68.7 Å². The minimum absolute atomic E-state index is 0.0192. The van der Waals surface area contributed by atoms with Crippen LogP contribution in [0.2, 0.25) is 0 Å². The zero-order valence-electron chi connectivity index (χ0n) is 13.1. The molecule has 2 saturated heterocycles. The van der Waals surface area contributed by atoms with Crippen molar-refractivity contribution in [3.8, 4) is 5.75 Å². The summed E-state index contributed by atoms with van der Waals surface area (Å²) in [6, 6.07) is 3.74. The summed E-state index contributed by atoms with van der Waals surface area (Å²) in [5, 5.41) is -0.122. The number of ether oxygens (including phenoxy) is 2. The van der Waals surface area contributed by atoms with Crippen LogP contribution in [-0.2, 0) is 14.8 Å². The predicted molar refractivity (Wildman–Crippen MR) is 84.7 cm³/mol. The van der Waals surface area contributed by atoms with Gasteiger partial charge in [0.1, 0.15) is 11.9 Å². The molecule has 0 radical (unpaired) electrons. The molecule has 126 valence electrons. The maximum Gasteiger partial charge on any atom is 0.216 e. The van der Waals surface area contributed by atoms with Gasteiger partial charge in [-0.05, 0) is 37.8 Å². The Morgan fingerprint density at radius 3 is 2.74 bits per heavy atom. The van der Waals surface area contributed by atoms with E-state index in [2.05, 4.69) is 4.98 Å². The second-order valence-electron chi connectivity index (χ2n) is 6.77. The molecule has 3 fully saturated rings. The number of pyridine rings is 1. The predicted octanol–water partition coefficient (Wildman–Crippen LogP) is 1.58. The van der Waals surface area contributed by atoms with Crippen LogP contribution < -0.4 is 4.74 Å². The maximum atomic E-state index is 12.3. The SMILES string of the molecule is O=S(=O)(C1CC1)N1CCC2(CC1)CC(Oc1cccnc1)CO2. The Labute approximate surface area is 136 Å². The van der Waals surface area contributed by atoms with E-state index in [4.69, 9.17) is 9.47 Å². The van der Waals surface area contributed by atoms with Gasteiger partial charge >= 0.3 is 0 Å². The molecule has 6 nitrogen and oxygen atoms in total. The number of sulfonamides is 1. The number of nitrogens with zero attached hydrogens (tertiary/aromatic N) is 2. The van der Waals surface area contributed by atoms with E-state index in [0.29, 0.717) is 19.7 Å². The van der Waals surface area contributed by atoms with Crippen LogP contribution in [0.1, 0.15) is 32.1 Å². The highest BCUT2D eigenvalue weighted by Crippen LogP contribution is 2.40. The summed E-state index contributed by atoms with van der Waals surface area (Å²) in [6.45, 7) is 1.70. The van der Waals surface area contributed by atoms with Gasteiger partial charge < -0.3 is 9.47 Å². The summed E-state index contributed by atoms with van der Waals surface area (Å²) in [6.07, 6.45) is 7.41. The first-order valence-corrected chi connectivity index (χ1v) is 9.77. The lowest BCUT2D eigenvalue weighted by atomic mass is 9.89. The Morgan fingerprint density at radius 1 is 1.30 bits per heavy atom. The van der Waals surface area contributed by atoms with E-state index >= 15 is 0 Å². The second kappa shape index (κ2) is 5.72. The fourth-order valence-corrected chi connectivity index (χ4v) is 5.41. The zero-order chi connectivity index (χ0) is 15.9. The third kappa shape index (κ3) is 3.09. The van der Waals surface area contributed by atoms with Gasteiger partial charge in [-0.3, -0.25) is 4.98 Å². The van der Waals surface area contributed by atoms with Crippen molar-refractivity contribution in [1.29, 1.82) is 0 Å². The fourth-order valence-electron chi connectivity index (χ4n) is 3.56. The van der Waals surface area contributed by atoms with E-state index in [1.165, 1.54) is 0 Å². The molecule has 1 spiro atoms. The van der Waals surface area contributed by atoms with Crippen LogP contribution in [0, 0.1) is 0 Å². The normalized spacial score (nSPS) is 28.1. The Morgan fingerprint density at radius 2 is 2.09 bits per heavy atom. The van der Waals surface area contributed by atoms with Crippen LogP contribution in [0.15, 0.2) is 24.5 Å². The average Bonchev–Trinajstić information content (AvgIpc) is 3.35. The van der Waals surface area contributed by atoms with Gasteiger partial charge in [0.15, 0.2) is 0 Å². The van der Waals surface area contributed by atoms with Crippen LogP contribution in [0.5, 0.6) is 5.75 Å².